The summed E-state index contributed by atoms with van der Waals surface area (Å²) in [6.07, 6.45) is 0.834. The van der Waals surface area contributed by atoms with Gasteiger partial charge in [-0.2, -0.15) is 5.26 Å². The summed E-state index contributed by atoms with van der Waals surface area (Å²) in [7, 11) is 0. The van der Waals surface area contributed by atoms with Gasteiger partial charge in [0.15, 0.2) is 0 Å². The van der Waals surface area contributed by atoms with Crippen LogP contribution in [0.2, 0.25) is 0 Å². The fourth-order valence-electron chi connectivity index (χ4n) is 1.08. The topological polar surface area (TPSA) is 36.7 Å². The Hall–Kier alpha value is -1.80. The molecule has 0 atom stereocenters. The van der Waals surface area contributed by atoms with Gasteiger partial charge in [0.1, 0.15) is 11.8 Å². The lowest BCUT2D eigenvalue weighted by molar-refractivity contribution is 0.676. The summed E-state index contributed by atoms with van der Waals surface area (Å²) in [6.45, 7) is 6.13. The third kappa shape index (κ3) is 3.44. The van der Waals surface area contributed by atoms with E-state index in [1.807, 2.05) is 13.0 Å². The van der Waals surface area contributed by atoms with Crippen LogP contribution in [0.1, 0.15) is 37.2 Å². The largest absolute Gasteiger partial charge is 0.243 e. The molecule has 1 rings (SSSR count). The first-order chi connectivity index (χ1) is 7.13. The molecule has 0 saturated heterocycles. The zero-order valence-corrected chi connectivity index (χ0v) is 9.33. The second kappa shape index (κ2) is 5.17. The van der Waals surface area contributed by atoms with Crippen LogP contribution in [-0.2, 0) is 0 Å². The fraction of sp³-hybridized carbons (Fsp3) is 0.385. The highest BCUT2D eigenvalue weighted by Gasteiger charge is 1.99. The van der Waals surface area contributed by atoms with E-state index in [0.717, 1.165) is 12.1 Å². The Labute approximate surface area is 91.0 Å². The molecule has 0 aliphatic heterocycles. The molecule has 15 heavy (non-hydrogen) atoms. The third-order valence-electron chi connectivity index (χ3n) is 1.87. The third-order valence-corrected chi connectivity index (χ3v) is 1.87. The van der Waals surface area contributed by atoms with Crippen LogP contribution in [0.15, 0.2) is 12.1 Å². The maximum atomic E-state index is 8.86. The van der Waals surface area contributed by atoms with Crippen molar-refractivity contribution >= 4 is 0 Å². The molecule has 0 N–H and O–H groups in total. The minimum Gasteiger partial charge on any atom is -0.243 e. The molecule has 0 spiro atoms. The molecule has 1 aromatic rings. The number of hydrogen-bond acceptors (Lipinski definition) is 2. The van der Waals surface area contributed by atoms with E-state index in [2.05, 4.69) is 36.7 Å². The van der Waals surface area contributed by atoms with Crippen molar-refractivity contribution in [2.45, 2.75) is 27.2 Å². The lowest BCUT2D eigenvalue weighted by atomic mass is 10.1. The smallest absolute Gasteiger partial charge is 0.131 e. The fourth-order valence-corrected chi connectivity index (χ4v) is 1.08. The molecule has 1 heterocycles. The Morgan fingerprint density at radius 1 is 1.40 bits per heavy atom. The first kappa shape index (κ1) is 11.3. The predicted molar refractivity (Wildman–Crippen MR) is 60.0 cm³/mol. The van der Waals surface area contributed by atoms with E-state index in [0.29, 0.717) is 17.2 Å². The first-order valence-electron chi connectivity index (χ1n) is 5.00. The molecule has 0 saturated carbocycles. The molecule has 0 fully saturated rings. The minimum absolute atomic E-state index is 0.549. The van der Waals surface area contributed by atoms with Crippen molar-refractivity contribution in [3.8, 4) is 17.9 Å². The number of rotatable bonds is 1. The van der Waals surface area contributed by atoms with E-state index < -0.39 is 0 Å². The molecular formula is C13H14N2. The van der Waals surface area contributed by atoms with E-state index in [4.69, 9.17) is 5.26 Å². The van der Waals surface area contributed by atoms with Crippen molar-refractivity contribution in [1.82, 2.24) is 4.98 Å². The maximum absolute atomic E-state index is 8.86. The second-order valence-electron chi connectivity index (χ2n) is 3.86. The van der Waals surface area contributed by atoms with Crippen molar-refractivity contribution in [3.63, 3.8) is 0 Å². The van der Waals surface area contributed by atoms with Crippen LogP contribution >= 0.6 is 0 Å². The summed E-state index contributed by atoms with van der Waals surface area (Å²) in [4.78, 5) is 4.24. The van der Waals surface area contributed by atoms with Gasteiger partial charge in [-0.15, -0.1) is 0 Å². The van der Waals surface area contributed by atoms with E-state index in [1.54, 1.807) is 6.07 Å². The van der Waals surface area contributed by atoms with Crippen molar-refractivity contribution < 1.29 is 0 Å². The van der Waals surface area contributed by atoms with Gasteiger partial charge in [0.2, 0.25) is 0 Å². The van der Waals surface area contributed by atoms with Crippen LogP contribution in [0.4, 0.5) is 0 Å². The van der Waals surface area contributed by atoms with Crippen LogP contribution in [-0.4, -0.2) is 4.98 Å². The number of nitriles is 1. The summed E-state index contributed by atoms with van der Waals surface area (Å²) in [5.74, 6) is 6.54. The summed E-state index contributed by atoms with van der Waals surface area (Å²) in [6, 6.07) is 5.69. The molecule has 1 aromatic heterocycles. The molecule has 76 valence electrons. The molecular weight excluding hydrogens is 184 g/mol. The SMILES string of the molecule is Cc1ccc(C#N)c(C#CCC(C)C)n1. The van der Waals surface area contributed by atoms with Crippen molar-refractivity contribution in [1.29, 1.82) is 5.26 Å². The number of nitrogens with zero attached hydrogens (tertiary/aromatic N) is 2. The summed E-state index contributed by atoms with van der Waals surface area (Å²) in [5, 5.41) is 8.86. The zero-order chi connectivity index (χ0) is 11.3. The van der Waals surface area contributed by atoms with E-state index in [1.165, 1.54) is 0 Å². The monoisotopic (exact) mass is 198 g/mol. The lowest BCUT2D eigenvalue weighted by Crippen LogP contribution is -1.91. The quantitative estimate of drug-likeness (QED) is 0.650. The normalized spacial score (nSPS) is 9.27. The molecule has 0 amide bonds. The Morgan fingerprint density at radius 2 is 2.13 bits per heavy atom. The van der Waals surface area contributed by atoms with Gasteiger partial charge >= 0.3 is 0 Å². The summed E-state index contributed by atoms with van der Waals surface area (Å²) < 4.78 is 0. The van der Waals surface area contributed by atoms with Crippen molar-refractivity contribution in [3.05, 3.63) is 29.1 Å². The average molecular weight is 198 g/mol. The molecule has 0 radical (unpaired) electrons. The molecule has 2 nitrogen and oxygen atoms in total. The van der Waals surface area contributed by atoms with E-state index >= 15 is 0 Å². The Kier molecular flexibility index (Phi) is 3.89. The van der Waals surface area contributed by atoms with Gasteiger partial charge in [0, 0.05) is 12.1 Å². The highest BCUT2D eigenvalue weighted by molar-refractivity contribution is 5.43. The standard InChI is InChI=1S/C13H14N2/c1-10(2)5-4-6-13-12(9-14)8-7-11(3)15-13/h7-8,10H,5H2,1-3H3. The van der Waals surface area contributed by atoms with Crippen molar-refractivity contribution in [2.75, 3.05) is 0 Å². The predicted octanol–water partition coefficient (Wildman–Crippen LogP) is 2.66. The van der Waals surface area contributed by atoms with Gasteiger partial charge in [-0.05, 0) is 30.9 Å². The van der Waals surface area contributed by atoms with Crippen LogP contribution in [0.3, 0.4) is 0 Å². The van der Waals surface area contributed by atoms with Gasteiger partial charge in [-0.3, -0.25) is 0 Å². The molecule has 0 unspecified atom stereocenters. The van der Waals surface area contributed by atoms with E-state index in [9.17, 15) is 0 Å². The van der Waals surface area contributed by atoms with Gasteiger partial charge in [0.25, 0.3) is 0 Å². The number of hydrogen-bond donors (Lipinski definition) is 0. The van der Waals surface area contributed by atoms with Gasteiger partial charge in [0.05, 0.1) is 5.56 Å². The van der Waals surface area contributed by atoms with Crippen LogP contribution < -0.4 is 0 Å². The molecule has 0 aliphatic carbocycles. The van der Waals surface area contributed by atoms with Crippen LogP contribution in [0.25, 0.3) is 0 Å². The highest BCUT2D eigenvalue weighted by atomic mass is 14.7. The Balaban J connectivity index is 2.96. The zero-order valence-electron chi connectivity index (χ0n) is 9.33. The van der Waals surface area contributed by atoms with Gasteiger partial charge < -0.3 is 0 Å². The van der Waals surface area contributed by atoms with Gasteiger partial charge in [-0.1, -0.05) is 19.8 Å². The van der Waals surface area contributed by atoms with Crippen LogP contribution in [0, 0.1) is 36.0 Å². The lowest BCUT2D eigenvalue weighted by Gasteiger charge is -1.97. The Morgan fingerprint density at radius 3 is 2.73 bits per heavy atom. The van der Waals surface area contributed by atoms with Crippen molar-refractivity contribution in [2.24, 2.45) is 5.92 Å². The number of aryl methyl sites for hydroxylation is 1. The summed E-state index contributed by atoms with van der Waals surface area (Å²) in [5.41, 5.74) is 2.04. The Bertz CT molecular complexity index is 442. The minimum atomic E-state index is 0.549. The number of pyridine rings is 1. The molecule has 0 bridgehead atoms. The summed E-state index contributed by atoms with van der Waals surface area (Å²) >= 11 is 0. The van der Waals surface area contributed by atoms with Gasteiger partial charge in [-0.25, -0.2) is 4.98 Å². The maximum Gasteiger partial charge on any atom is 0.131 e. The highest BCUT2D eigenvalue weighted by Crippen LogP contribution is 2.05. The second-order valence-corrected chi connectivity index (χ2v) is 3.86. The van der Waals surface area contributed by atoms with Crippen LogP contribution in [0.5, 0.6) is 0 Å². The van der Waals surface area contributed by atoms with E-state index in [-0.39, 0.29) is 0 Å². The molecule has 0 aliphatic rings. The number of aromatic nitrogens is 1. The molecule has 0 aromatic carbocycles. The average Bonchev–Trinajstić information content (AvgIpc) is 2.17. The first-order valence-corrected chi connectivity index (χ1v) is 5.00. The molecule has 2 heteroatoms.